The van der Waals surface area contributed by atoms with Gasteiger partial charge in [0.25, 0.3) is 5.91 Å². The van der Waals surface area contributed by atoms with Gasteiger partial charge in [-0.2, -0.15) is 0 Å². The maximum absolute atomic E-state index is 12.5. The van der Waals surface area contributed by atoms with E-state index >= 15 is 0 Å². The summed E-state index contributed by atoms with van der Waals surface area (Å²) in [5.41, 5.74) is 1.98. The summed E-state index contributed by atoms with van der Waals surface area (Å²) in [5, 5.41) is 0. The van der Waals surface area contributed by atoms with Crippen LogP contribution < -0.4 is 0 Å². The van der Waals surface area contributed by atoms with Crippen LogP contribution in [0.3, 0.4) is 0 Å². The molecular formula is C18H27NO3. The Kier molecular flexibility index (Phi) is 5.98. The maximum atomic E-state index is 12.5. The van der Waals surface area contributed by atoms with Crippen molar-refractivity contribution in [2.24, 2.45) is 11.8 Å². The van der Waals surface area contributed by atoms with Crippen molar-refractivity contribution in [1.29, 1.82) is 0 Å². The second kappa shape index (κ2) is 7.75. The molecule has 1 heterocycles. The zero-order valence-corrected chi connectivity index (χ0v) is 14.0. The van der Waals surface area contributed by atoms with Crippen molar-refractivity contribution in [3.8, 4) is 0 Å². The molecule has 1 aliphatic heterocycles. The standard InChI is InChI=1S/C18H27NO3/c1-13(2)9-14(10-17(21-3)22-4)11-19-12-15-7-5-6-8-16(15)18(19)20/h5-8,13-14,17H,9-12H2,1-4H3/t14-/m0/s1. The molecule has 4 nitrogen and oxygen atoms in total. The highest BCUT2D eigenvalue weighted by Crippen LogP contribution is 2.27. The average Bonchev–Trinajstić information content (AvgIpc) is 2.81. The van der Waals surface area contributed by atoms with E-state index in [9.17, 15) is 4.79 Å². The molecule has 0 aromatic heterocycles. The number of ether oxygens (including phenoxy) is 2. The zero-order valence-electron chi connectivity index (χ0n) is 14.0. The molecule has 0 radical (unpaired) electrons. The van der Waals surface area contributed by atoms with E-state index in [0.717, 1.165) is 30.5 Å². The van der Waals surface area contributed by atoms with Gasteiger partial charge in [0.05, 0.1) is 0 Å². The Morgan fingerprint density at radius 3 is 2.41 bits per heavy atom. The van der Waals surface area contributed by atoms with Gasteiger partial charge in [0.15, 0.2) is 6.29 Å². The Hall–Kier alpha value is -1.39. The summed E-state index contributed by atoms with van der Waals surface area (Å²) in [4.78, 5) is 14.5. The molecule has 1 aliphatic rings. The van der Waals surface area contributed by atoms with Gasteiger partial charge in [-0.3, -0.25) is 4.79 Å². The molecule has 0 saturated heterocycles. The molecule has 0 N–H and O–H groups in total. The number of carbonyl (C=O) groups is 1. The highest BCUT2D eigenvalue weighted by atomic mass is 16.7. The van der Waals surface area contributed by atoms with Crippen molar-refractivity contribution < 1.29 is 14.3 Å². The maximum Gasteiger partial charge on any atom is 0.254 e. The summed E-state index contributed by atoms with van der Waals surface area (Å²) in [6.07, 6.45) is 1.66. The topological polar surface area (TPSA) is 38.8 Å². The number of rotatable bonds is 8. The second-order valence-electron chi connectivity index (χ2n) is 6.48. The van der Waals surface area contributed by atoms with Gasteiger partial charge < -0.3 is 14.4 Å². The van der Waals surface area contributed by atoms with Crippen LogP contribution in [0.2, 0.25) is 0 Å². The molecule has 22 heavy (non-hydrogen) atoms. The van der Waals surface area contributed by atoms with Gasteiger partial charge in [-0.05, 0) is 29.9 Å². The summed E-state index contributed by atoms with van der Waals surface area (Å²) in [6.45, 7) is 5.90. The molecule has 1 amide bonds. The van der Waals surface area contributed by atoms with Gasteiger partial charge in [-0.25, -0.2) is 0 Å². The minimum atomic E-state index is -0.205. The van der Waals surface area contributed by atoms with E-state index < -0.39 is 0 Å². The van der Waals surface area contributed by atoms with E-state index in [1.54, 1.807) is 14.2 Å². The first-order chi connectivity index (χ1) is 10.5. The van der Waals surface area contributed by atoms with Crippen molar-refractivity contribution in [2.45, 2.75) is 39.5 Å². The third-order valence-corrected chi connectivity index (χ3v) is 4.23. The van der Waals surface area contributed by atoms with Crippen LogP contribution in [0, 0.1) is 11.8 Å². The molecule has 0 saturated carbocycles. The highest BCUT2D eigenvalue weighted by molar-refractivity contribution is 5.98. The first-order valence-corrected chi connectivity index (χ1v) is 7.97. The summed E-state index contributed by atoms with van der Waals surface area (Å²) in [5.74, 6) is 1.11. The van der Waals surface area contributed by atoms with Crippen molar-refractivity contribution in [2.75, 3.05) is 20.8 Å². The van der Waals surface area contributed by atoms with E-state index in [0.29, 0.717) is 18.4 Å². The first-order valence-electron chi connectivity index (χ1n) is 7.97. The molecule has 0 aliphatic carbocycles. The van der Waals surface area contributed by atoms with Crippen LogP contribution in [0.5, 0.6) is 0 Å². The van der Waals surface area contributed by atoms with Gasteiger partial charge in [-0.15, -0.1) is 0 Å². The van der Waals surface area contributed by atoms with Crippen molar-refractivity contribution in [3.63, 3.8) is 0 Å². The monoisotopic (exact) mass is 305 g/mol. The van der Waals surface area contributed by atoms with Crippen LogP contribution in [0.25, 0.3) is 0 Å². The summed E-state index contributed by atoms with van der Waals surface area (Å²) in [7, 11) is 3.33. The van der Waals surface area contributed by atoms with Crippen LogP contribution in [0.4, 0.5) is 0 Å². The lowest BCUT2D eigenvalue weighted by Crippen LogP contribution is -2.33. The van der Waals surface area contributed by atoms with E-state index in [1.165, 1.54) is 0 Å². The smallest absolute Gasteiger partial charge is 0.254 e. The minimum Gasteiger partial charge on any atom is -0.356 e. The van der Waals surface area contributed by atoms with E-state index in [2.05, 4.69) is 13.8 Å². The Labute approximate surface area is 133 Å². The predicted molar refractivity (Wildman–Crippen MR) is 86.6 cm³/mol. The first kappa shape index (κ1) is 17.0. The molecular weight excluding hydrogens is 278 g/mol. The van der Waals surface area contributed by atoms with E-state index in [1.807, 2.05) is 29.2 Å². The van der Waals surface area contributed by atoms with Crippen LogP contribution in [-0.2, 0) is 16.0 Å². The quantitative estimate of drug-likeness (QED) is 0.692. The Balaban J connectivity index is 2.03. The molecule has 0 spiro atoms. The molecule has 122 valence electrons. The molecule has 0 bridgehead atoms. The van der Waals surface area contributed by atoms with Crippen molar-refractivity contribution >= 4 is 5.91 Å². The Morgan fingerprint density at radius 1 is 1.14 bits per heavy atom. The third kappa shape index (κ3) is 4.08. The number of nitrogens with zero attached hydrogens (tertiary/aromatic N) is 1. The largest absolute Gasteiger partial charge is 0.356 e. The molecule has 4 heteroatoms. The van der Waals surface area contributed by atoms with Crippen molar-refractivity contribution in [1.82, 2.24) is 4.90 Å². The lowest BCUT2D eigenvalue weighted by Gasteiger charge is -2.27. The Morgan fingerprint density at radius 2 is 1.82 bits per heavy atom. The number of amides is 1. The van der Waals surface area contributed by atoms with Gasteiger partial charge in [0.2, 0.25) is 0 Å². The Bertz CT molecular complexity index is 497. The number of carbonyl (C=O) groups excluding carboxylic acids is 1. The van der Waals surface area contributed by atoms with Gasteiger partial charge in [0.1, 0.15) is 0 Å². The SMILES string of the molecule is COC(C[C@H](CC(C)C)CN1Cc2ccccc2C1=O)OC. The van der Waals surface area contributed by atoms with Crippen LogP contribution >= 0.6 is 0 Å². The lowest BCUT2D eigenvalue weighted by molar-refractivity contribution is -0.116. The van der Waals surface area contributed by atoms with Gasteiger partial charge in [0, 0.05) is 39.3 Å². The lowest BCUT2D eigenvalue weighted by atomic mass is 9.93. The fourth-order valence-corrected chi connectivity index (χ4v) is 3.25. The van der Waals surface area contributed by atoms with E-state index in [-0.39, 0.29) is 12.2 Å². The number of methoxy groups -OCH3 is 2. The molecule has 0 fully saturated rings. The van der Waals surface area contributed by atoms with Crippen LogP contribution in [0.15, 0.2) is 24.3 Å². The number of hydrogen-bond donors (Lipinski definition) is 0. The molecule has 0 unspecified atom stereocenters. The zero-order chi connectivity index (χ0) is 16.1. The van der Waals surface area contributed by atoms with E-state index in [4.69, 9.17) is 9.47 Å². The second-order valence-corrected chi connectivity index (χ2v) is 6.48. The van der Waals surface area contributed by atoms with Crippen molar-refractivity contribution in [3.05, 3.63) is 35.4 Å². The molecule has 1 atom stereocenters. The average molecular weight is 305 g/mol. The fraction of sp³-hybridized carbons (Fsp3) is 0.611. The van der Waals surface area contributed by atoms with Gasteiger partial charge >= 0.3 is 0 Å². The normalized spacial score (nSPS) is 15.7. The predicted octanol–water partition coefficient (Wildman–Crippen LogP) is 3.31. The number of benzene rings is 1. The number of fused-ring (bicyclic) bond motifs is 1. The fourth-order valence-electron chi connectivity index (χ4n) is 3.25. The summed E-state index contributed by atoms with van der Waals surface area (Å²) >= 11 is 0. The molecule has 1 aromatic carbocycles. The minimum absolute atomic E-state index is 0.149. The summed E-state index contributed by atoms with van der Waals surface area (Å²) < 4.78 is 10.7. The molecule has 1 aromatic rings. The number of hydrogen-bond acceptors (Lipinski definition) is 3. The third-order valence-electron chi connectivity index (χ3n) is 4.23. The van der Waals surface area contributed by atoms with Crippen LogP contribution in [0.1, 0.15) is 42.6 Å². The highest BCUT2D eigenvalue weighted by Gasteiger charge is 2.29. The summed E-state index contributed by atoms with van der Waals surface area (Å²) in [6, 6.07) is 7.88. The molecule has 2 rings (SSSR count). The van der Waals surface area contributed by atoms with Gasteiger partial charge in [-0.1, -0.05) is 32.0 Å². The van der Waals surface area contributed by atoms with Crippen LogP contribution in [-0.4, -0.2) is 37.9 Å².